The predicted molar refractivity (Wildman–Crippen MR) is 177 cm³/mol. The van der Waals surface area contributed by atoms with Crippen molar-refractivity contribution >= 4 is 16.6 Å². The van der Waals surface area contributed by atoms with Gasteiger partial charge in [0.1, 0.15) is 0 Å². The number of allylic oxidation sites excluding steroid dienone is 8. The average molecular weight is 567 g/mol. The molecular weight excluding hydrogens is 505 g/mol. The minimum absolute atomic E-state index is 0.0526. The van der Waals surface area contributed by atoms with Gasteiger partial charge in [0.2, 0.25) is 8.32 Å². The van der Waals surface area contributed by atoms with Gasteiger partial charge >= 0.3 is 0 Å². The maximum Gasteiger partial charge on any atom is 0.204 e. The molecule has 4 rings (SSSR count). The van der Waals surface area contributed by atoms with E-state index in [0.717, 1.165) is 0 Å². The monoisotopic (exact) mass is 566 g/mol. The lowest BCUT2D eigenvalue weighted by molar-refractivity contribution is 0.439. The normalized spacial score (nSPS) is 23.3. The van der Waals surface area contributed by atoms with Crippen molar-refractivity contribution in [2.75, 3.05) is 0 Å². The summed E-state index contributed by atoms with van der Waals surface area (Å²) < 4.78 is 8.05. The summed E-state index contributed by atoms with van der Waals surface area (Å²) in [5.41, 5.74) is 7.09. The second kappa shape index (κ2) is 13.6. The molecule has 0 saturated heterocycles. The molecule has 0 aromatic rings. The van der Waals surface area contributed by atoms with Crippen LogP contribution in [0.25, 0.3) is 0 Å². The summed E-state index contributed by atoms with van der Waals surface area (Å²) in [6, 6.07) is 0. The van der Waals surface area contributed by atoms with Crippen molar-refractivity contribution in [2.24, 2.45) is 0 Å². The van der Waals surface area contributed by atoms with Crippen molar-refractivity contribution in [3.8, 4) is 0 Å². The fourth-order valence-corrected chi connectivity index (χ4v) is 19.7. The van der Waals surface area contributed by atoms with Gasteiger partial charge in [-0.3, -0.25) is 0 Å². The van der Waals surface area contributed by atoms with Gasteiger partial charge < -0.3 is 4.12 Å². The SMILES string of the molecule is CC(C1=CCCCCC1)(C1=CCCCCC1)[Si](C)(O[Si](C)(C)C)C(C)(C1=CCCCCC1)C1=CCCCCC1. The van der Waals surface area contributed by atoms with Crippen molar-refractivity contribution in [3.05, 3.63) is 46.6 Å². The van der Waals surface area contributed by atoms with E-state index in [1.165, 1.54) is 128 Å². The van der Waals surface area contributed by atoms with E-state index in [1.807, 2.05) is 0 Å². The molecule has 0 radical (unpaired) electrons. The molecule has 0 aromatic carbocycles. The first-order valence-electron chi connectivity index (χ1n) is 17.1. The first-order chi connectivity index (χ1) is 18.6. The highest BCUT2D eigenvalue weighted by Crippen LogP contribution is 2.69. The molecule has 0 N–H and O–H groups in total. The Hall–Kier alpha value is -0.646. The predicted octanol–water partition coefficient (Wildman–Crippen LogP) is 12.5. The maximum absolute atomic E-state index is 8.05. The van der Waals surface area contributed by atoms with Crippen LogP contribution in [0.15, 0.2) is 46.6 Å². The molecule has 39 heavy (non-hydrogen) atoms. The van der Waals surface area contributed by atoms with Gasteiger partial charge in [0.15, 0.2) is 8.32 Å². The Morgan fingerprint density at radius 1 is 0.462 bits per heavy atom. The van der Waals surface area contributed by atoms with Gasteiger partial charge in [-0.15, -0.1) is 0 Å². The zero-order chi connectivity index (χ0) is 28.0. The average Bonchev–Trinajstić information content (AvgIpc) is 3.51. The largest absolute Gasteiger partial charge is 0.454 e. The van der Waals surface area contributed by atoms with E-state index < -0.39 is 16.6 Å². The summed E-state index contributed by atoms with van der Waals surface area (Å²) in [5.74, 6) is 0. The number of rotatable bonds is 8. The van der Waals surface area contributed by atoms with Gasteiger partial charge in [0, 0.05) is 10.1 Å². The molecule has 0 amide bonds. The topological polar surface area (TPSA) is 9.23 Å². The lowest BCUT2D eigenvalue weighted by Crippen LogP contribution is -2.62. The van der Waals surface area contributed by atoms with Crippen molar-refractivity contribution in [1.82, 2.24) is 0 Å². The highest BCUT2D eigenvalue weighted by Gasteiger charge is 2.64. The van der Waals surface area contributed by atoms with Gasteiger partial charge in [-0.25, -0.2) is 0 Å². The zero-order valence-corrected chi connectivity index (χ0v) is 28.9. The summed E-state index contributed by atoms with van der Waals surface area (Å²) in [6.45, 7) is 15.7. The Morgan fingerprint density at radius 3 is 1.00 bits per heavy atom. The number of hydrogen-bond acceptors (Lipinski definition) is 1. The fraction of sp³-hybridized carbons (Fsp3) is 0.778. The lowest BCUT2D eigenvalue weighted by atomic mass is 9.84. The Balaban J connectivity index is 2.03. The second-order valence-electron chi connectivity index (χ2n) is 14.8. The van der Waals surface area contributed by atoms with Crippen LogP contribution in [0.4, 0.5) is 0 Å². The van der Waals surface area contributed by atoms with Crippen LogP contribution in [0.5, 0.6) is 0 Å². The molecular formula is C36H62OSi2. The van der Waals surface area contributed by atoms with E-state index in [2.05, 4.69) is 64.3 Å². The second-order valence-corrected chi connectivity index (χ2v) is 23.9. The Bertz CT molecular complexity index is 822. The summed E-state index contributed by atoms with van der Waals surface area (Å²) >= 11 is 0. The number of hydrogen-bond donors (Lipinski definition) is 0. The van der Waals surface area contributed by atoms with Crippen molar-refractivity contribution < 1.29 is 4.12 Å². The minimum Gasteiger partial charge on any atom is -0.454 e. The van der Waals surface area contributed by atoms with Gasteiger partial charge in [-0.05, 0) is 129 Å². The van der Waals surface area contributed by atoms with E-state index >= 15 is 0 Å². The quantitative estimate of drug-likeness (QED) is 0.210. The smallest absolute Gasteiger partial charge is 0.204 e. The van der Waals surface area contributed by atoms with Crippen LogP contribution in [0.2, 0.25) is 36.3 Å². The van der Waals surface area contributed by atoms with E-state index in [-0.39, 0.29) is 10.1 Å². The maximum atomic E-state index is 8.05. The molecule has 0 spiro atoms. The summed E-state index contributed by atoms with van der Waals surface area (Å²) in [5, 5.41) is 0.105. The van der Waals surface area contributed by atoms with Crippen LogP contribution in [0, 0.1) is 0 Å². The van der Waals surface area contributed by atoms with Crippen LogP contribution >= 0.6 is 0 Å². The molecule has 0 unspecified atom stereocenters. The third-order valence-electron chi connectivity index (χ3n) is 11.2. The molecule has 0 saturated carbocycles. The van der Waals surface area contributed by atoms with E-state index in [4.69, 9.17) is 4.12 Å². The van der Waals surface area contributed by atoms with E-state index in [9.17, 15) is 0 Å². The van der Waals surface area contributed by atoms with Gasteiger partial charge in [-0.2, -0.15) is 0 Å². The Labute approximate surface area is 245 Å². The molecule has 0 bridgehead atoms. The molecule has 0 atom stereocenters. The first-order valence-corrected chi connectivity index (χ1v) is 22.9. The molecule has 0 heterocycles. The van der Waals surface area contributed by atoms with Gasteiger partial charge in [0.05, 0.1) is 0 Å². The van der Waals surface area contributed by atoms with Gasteiger partial charge in [-0.1, -0.05) is 86.1 Å². The molecule has 3 heteroatoms. The van der Waals surface area contributed by atoms with Crippen LogP contribution in [-0.4, -0.2) is 16.6 Å². The zero-order valence-electron chi connectivity index (χ0n) is 26.9. The Morgan fingerprint density at radius 2 is 0.744 bits per heavy atom. The third-order valence-corrected chi connectivity index (χ3v) is 20.3. The van der Waals surface area contributed by atoms with E-state index in [1.54, 1.807) is 22.3 Å². The molecule has 0 aromatic heterocycles. The van der Waals surface area contributed by atoms with Crippen LogP contribution in [0.3, 0.4) is 0 Å². The lowest BCUT2D eigenvalue weighted by Gasteiger charge is -2.60. The molecule has 0 aliphatic heterocycles. The fourth-order valence-electron chi connectivity index (χ4n) is 8.83. The highest BCUT2D eigenvalue weighted by molar-refractivity contribution is 6.90. The molecule has 1 nitrogen and oxygen atoms in total. The van der Waals surface area contributed by atoms with Gasteiger partial charge in [0.25, 0.3) is 0 Å². The van der Waals surface area contributed by atoms with Crippen molar-refractivity contribution in [3.63, 3.8) is 0 Å². The van der Waals surface area contributed by atoms with Crippen LogP contribution in [0.1, 0.15) is 142 Å². The Kier molecular flexibility index (Phi) is 10.9. The minimum atomic E-state index is -2.54. The molecule has 4 aliphatic rings. The van der Waals surface area contributed by atoms with Crippen molar-refractivity contribution in [2.45, 2.75) is 179 Å². The molecule has 220 valence electrons. The molecule has 4 aliphatic carbocycles. The summed E-state index contributed by atoms with van der Waals surface area (Å²) in [6.07, 6.45) is 37.5. The third kappa shape index (κ3) is 6.72. The van der Waals surface area contributed by atoms with E-state index in [0.29, 0.717) is 0 Å². The van der Waals surface area contributed by atoms with Crippen LogP contribution in [-0.2, 0) is 4.12 Å². The summed E-state index contributed by atoms with van der Waals surface area (Å²) in [7, 11) is -4.41. The van der Waals surface area contributed by atoms with Crippen molar-refractivity contribution in [1.29, 1.82) is 0 Å². The molecule has 0 fully saturated rings. The standard InChI is InChI=1S/C36H62OSi2/c1-35(31-23-15-7-8-16-24-31,32-25-17-9-10-18-26-32)39(6,37-38(3,4)5)36(2,33-27-19-11-12-20-28-33)34-29-21-13-14-22-30-34/h23,25,27,29H,7-22,24,26,28,30H2,1-6H3. The first kappa shape index (κ1) is 31.3. The highest BCUT2D eigenvalue weighted by atomic mass is 28.4. The van der Waals surface area contributed by atoms with Crippen LogP contribution < -0.4 is 0 Å². The summed E-state index contributed by atoms with van der Waals surface area (Å²) in [4.78, 5) is 0.